The highest BCUT2D eigenvalue weighted by molar-refractivity contribution is 5.96. The fourth-order valence-electron chi connectivity index (χ4n) is 1.60. The molecule has 2 aliphatic carbocycles. The number of hydrogen-bond acceptors (Lipinski definition) is 1. The van der Waals surface area contributed by atoms with Crippen LogP contribution in [0.25, 0.3) is 0 Å². The van der Waals surface area contributed by atoms with Gasteiger partial charge in [0.05, 0.1) is 0 Å². The van der Waals surface area contributed by atoms with Crippen LogP contribution in [0.15, 0.2) is 0 Å². The van der Waals surface area contributed by atoms with Crippen LogP contribution >= 0.6 is 0 Å². The van der Waals surface area contributed by atoms with E-state index in [0.717, 1.165) is 5.71 Å². The van der Waals surface area contributed by atoms with Crippen molar-refractivity contribution in [1.29, 1.82) is 5.41 Å². The minimum atomic E-state index is 0.339. The van der Waals surface area contributed by atoms with E-state index in [2.05, 4.69) is 13.8 Å². The number of nitrogens with one attached hydrogen (secondary N) is 1. The lowest BCUT2D eigenvalue weighted by Gasteiger charge is -2.16. The van der Waals surface area contributed by atoms with Gasteiger partial charge >= 0.3 is 0 Å². The van der Waals surface area contributed by atoms with E-state index >= 15 is 0 Å². The van der Waals surface area contributed by atoms with Crippen molar-refractivity contribution in [2.45, 2.75) is 39.5 Å². The Hall–Kier alpha value is -0.330. The van der Waals surface area contributed by atoms with E-state index in [0.29, 0.717) is 10.8 Å². The molecule has 56 valence electrons. The van der Waals surface area contributed by atoms with Gasteiger partial charge < -0.3 is 5.41 Å². The van der Waals surface area contributed by atoms with Crippen LogP contribution in [0.3, 0.4) is 0 Å². The third-order valence-corrected chi connectivity index (χ3v) is 3.21. The first-order valence-electron chi connectivity index (χ1n) is 4.16. The maximum absolute atomic E-state index is 7.92. The van der Waals surface area contributed by atoms with Gasteiger partial charge in [-0.15, -0.1) is 0 Å². The third-order valence-electron chi connectivity index (χ3n) is 3.21. The first kappa shape index (κ1) is 6.38. The second kappa shape index (κ2) is 1.46. The van der Waals surface area contributed by atoms with Gasteiger partial charge in [0, 0.05) is 16.5 Å². The van der Waals surface area contributed by atoms with E-state index in [4.69, 9.17) is 5.41 Å². The van der Waals surface area contributed by atoms with E-state index in [1.54, 1.807) is 0 Å². The summed E-state index contributed by atoms with van der Waals surface area (Å²) in [7, 11) is 0. The molecule has 10 heavy (non-hydrogen) atoms. The summed E-state index contributed by atoms with van der Waals surface area (Å²) in [6.45, 7) is 4.47. The summed E-state index contributed by atoms with van der Waals surface area (Å²) in [6, 6.07) is 0. The Bertz CT molecular complexity index is 165. The zero-order valence-electron chi connectivity index (χ0n) is 6.83. The molecule has 0 heterocycles. The highest BCUT2D eigenvalue weighted by Gasteiger charge is 2.53. The summed E-state index contributed by atoms with van der Waals surface area (Å²) >= 11 is 0. The summed E-state index contributed by atoms with van der Waals surface area (Å²) < 4.78 is 0. The molecule has 1 heteroatoms. The van der Waals surface area contributed by atoms with Gasteiger partial charge in [0.2, 0.25) is 0 Å². The average Bonchev–Trinajstić information content (AvgIpc) is 2.73. The van der Waals surface area contributed by atoms with Crippen molar-refractivity contribution in [3.63, 3.8) is 0 Å². The SMILES string of the molecule is CC1(C(=N)C2(C)CC2)CC1. The maximum atomic E-state index is 7.92. The fraction of sp³-hybridized carbons (Fsp3) is 0.889. The van der Waals surface area contributed by atoms with Crippen LogP contribution in [-0.2, 0) is 0 Å². The van der Waals surface area contributed by atoms with Crippen molar-refractivity contribution in [2.24, 2.45) is 10.8 Å². The molecule has 0 aromatic rings. The molecule has 0 radical (unpaired) electrons. The molecule has 2 aliphatic rings. The molecular formula is C9H15N. The van der Waals surface area contributed by atoms with Crippen LogP contribution in [0.5, 0.6) is 0 Å². The van der Waals surface area contributed by atoms with Gasteiger partial charge in [0.1, 0.15) is 0 Å². The Morgan fingerprint density at radius 2 is 1.30 bits per heavy atom. The van der Waals surface area contributed by atoms with Crippen molar-refractivity contribution in [1.82, 2.24) is 0 Å². The predicted octanol–water partition coefficient (Wildman–Crippen LogP) is 2.61. The average molecular weight is 137 g/mol. The van der Waals surface area contributed by atoms with Crippen LogP contribution in [0.2, 0.25) is 0 Å². The normalized spacial score (nSPS) is 31.4. The zero-order chi connectivity index (χ0) is 7.41. The molecule has 0 atom stereocenters. The van der Waals surface area contributed by atoms with Crippen molar-refractivity contribution in [3.05, 3.63) is 0 Å². The molecule has 1 N–H and O–H groups in total. The Morgan fingerprint density at radius 3 is 1.50 bits per heavy atom. The lowest BCUT2D eigenvalue weighted by Crippen LogP contribution is -2.20. The van der Waals surface area contributed by atoms with Crippen LogP contribution in [0.1, 0.15) is 39.5 Å². The number of rotatable bonds is 2. The minimum absolute atomic E-state index is 0.339. The summed E-state index contributed by atoms with van der Waals surface area (Å²) in [5, 5.41) is 7.92. The first-order chi connectivity index (χ1) is 4.57. The van der Waals surface area contributed by atoms with Crippen LogP contribution in [0.4, 0.5) is 0 Å². The highest BCUT2D eigenvalue weighted by Crippen LogP contribution is 2.58. The van der Waals surface area contributed by atoms with Crippen molar-refractivity contribution >= 4 is 5.71 Å². The van der Waals surface area contributed by atoms with Gasteiger partial charge in [-0.3, -0.25) is 0 Å². The smallest absolute Gasteiger partial charge is 0.0207 e. The van der Waals surface area contributed by atoms with Gasteiger partial charge in [0.15, 0.2) is 0 Å². The molecule has 0 unspecified atom stereocenters. The second-order valence-electron chi connectivity index (χ2n) is 4.50. The molecule has 2 saturated carbocycles. The van der Waals surface area contributed by atoms with Gasteiger partial charge in [-0.1, -0.05) is 13.8 Å². The summed E-state index contributed by atoms with van der Waals surface area (Å²) in [6.07, 6.45) is 5.06. The number of hydrogen-bond donors (Lipinski definition) is 1. The Balaban J connectivity index is 2.12. The Labute approximate surface area is 62.3 Å². The van der Waals surface area contributed by atoms with Gasteiger partial charge in [-0.25, -0.2) is 0 Å². The second-order valence-corrected chi connectivity index (χ2v) is 4.50. The molecule has 0 aliphatic heterocycles. The molecule has 0 amide bonds. The molecule has 2 fully saturated rings. The van der Waals surface area contributed by atoms with Crippen molar-refractivity contribution < 1.29 is 0 Å². The van der Waals surface area contributed by atoms with E-state index < -0.39 is 0 Å². The molecule has 1 nitrogen and oxygen atoms in total. The largest absolute Gasteiger partial charge is 0.309 e. The Morgan fingerprint density at radius 1 is 1.00 bits per heavy atom. The molecule has 2 rings (SSSR count). The highest BCUT2D eigenvalue weighted by atomic mass is 14.7. The first-order valence-corrected chi connectivity index (χ1v) is 4.16. The van der Waals surface area contributed by atoms with E-state index in [9.17, 15) is 0 Å². The molecular weight excluding hydrogens is 122 g/mol. The molecule has 0 spiro atoms. The van der Waals surface area contributed by atoms with Crippen LogP contribution in [0, 0.1) is 16.2 Å². The minimum Gasteiger partial charge on any atom is -0.309 e. The Kier molecular flexibility index (Phi) is 0.934. The third kappa shape index (κ3) is 0.727. The van der Waals surface area contributed by atoms with Crippen molar-refractivity contribution in [3.8, 4) is 0 Å². The zero-order valence-corrected chi connectivity index (χ0v) is 6.83. The summed E-state index contributed by atoms with van der Waals surface area (Å²) in [4.78, 5) is 0. The van der Waals surface area contributed by atoms with Gasteiger partial charge in [0.25, 0.3) is 0 Å². The summed E-state index contributed by atoms with van der Waals surface area (Å²) in [5.41, 5.74) is 1.72. The van der Waals surface area contributed by atoms with Gasteiger partial charge in [-0.05, 0) is 25.7 Å². The fourth-order valence-corrected chi connectivity index (χ4v) is 1.60. The quantitative estimate of drug-likeness (QED) is 0.566. The van der Waals surface area contributed by atoms with Crippen LogP contribution in [-0.4, -0.2) is 5.71 Å². The standard InChI is InChI=1S/C9H15N/c1-8(3-4-8)7(10)9(2)5-6-9/h10H,3-6H2,1-2H3. The topological polar surface area (TPSA) is 23.9 Å². The van der Waals surface area contributed by atoms with E-state index in [-0.39, 0.29) is 0 Å². The van der Waals surface area contributed by atoms with E-state index in [1.165, 1.54) is 25.7 Å². The maximum Gasteiger partial charge on any atom is 0.0207 e. The lowest BCUT2D eigenvalue weighted by molar-refractivity contribution is 0.669. The van der Waals surface area contributed by atoms with E-state index in [1.807, 2.05) is 0 Å². The molecule has 0 bridgehead atoms. The monoisotopic (exact) mass is 137 g/mol. The summed E-state index contributed by atoms with van der Waals surface area (Å²) in [5.74, 6) is 0. The molecule has 0 saturated heterocycles. The molecule has 0 aromatic heterocycles. The van der Waals surface area contributed by atoms with Gasteiger partial charge in [-0.2, -0.15) is 0 Å². The molecule has 0 aromatic carbocycles. The lowest BCUT2D eigenvalue weighted by atomic mass is 9.90. The van der Waals surface area contributed by atoms with Crippen molar-refractivity contribution in [2.75, 3.05) is 0 Å². The predicted molar refractivity (Wildman–Crippen MR) is 42.4 cm³/mol. The van der Waals surface area contributed by atoms with Crippen LogP contribution < -0.4 is 0 Å².